The fourth-order valence-corrected chi connectivity index (χ4v) is 2.90. The zero-order chi connectivity index (χ0) is 12.8. The van der Waals surface area contributed by atoms with Crippen molar-refractivity contribution in [2.24, 2.45) is 0 Å². The number of nitrogens with zero attached hydrogens (tertiary/aromatic N) is 1. The molecule has 1 aliphatic heterocycles. The fourth-order valence-electron chi connectivity index (χ4n) is 1.97. The normalized spacial score (nSPS) is 22.6. The molecule has 0 bridgehead atoms. The Morgan fingerprint density at radius 1 is 1.53 bits per heavy atom. The minimum Gasteiger partial charge on any atom is -0.308 e. The smallest absolute Gasteiger partial charge is 0.158 e. The van der Waals surface area contributed by atoms with Crippen molar-refractivity contribution in [3.63, 3.8) is 0 Å². The zero-order valence-electron chi connectivity index (χ0n) is 10.5. The maximum absolute atomic E-state index is 11.9. The molecule has 4 nitrogen and oxygen atoms in total. The lowest BCUT2D eigenvalue weighted by Gasteiger charge is -2.17. The van der Waals surface area contributed by atoms with Crippen LogP contribution in [0.15, 0.2) is 0 Å². The highest BCUT2D eigenvalue weighted by Gasteiger charge is 2.30. The SMILES string of the molecule is CCCN[C@@H](C)C(=O)CC(=O)[C@@H]1CCCN1I. The number of hydrogen-bond donors (Lipinski definition) is 1. The molecule has 2 atom stereocenters. The molecule has 1 saturated heterocycles. The minimum absolute atomic E-state index is 0.0140. The lowest BCUT2D eigenvalue weighted by atomic mass is 10.0. The first-order valence-corrected chi connectivity index (χ1v) is 7.24. The third kappa shape index (κ3) is 4.63. The summed E-state index contributed by atoms with van der Waals surface area (Å²) in [5.74, 6) is 0.0900. The van der Waals surface area contributed by atoms with E-state index < -0.39 is 0 Å². The molecule has 0 saturated carbocycles. The quantitative estimate of drug-likeness (QED) is 0.431. The molecule has 1 aliphatic rings. The Bertz CT molecular complexity index is 284. The van der Waals surface area contributed by atoms with Crippen molar-refractivity contribution in [2.75, 3.05) is 13.1 Å². The number of Topliss-reactive ketones (excluding diaryl/α,β-unsaturated/α-hetero) is 2. The van der Waals surface area contributed by atoms with Gasteiger partial charge in [-0.2, -0.15) is 0 Å². The van der Waals surface area contributed by atoms with Gasteiger partial charge in [-0.05, 0) is 32.7 Å². The second-order valence-corrected chi connectivity index (χ2v) is 5.81. The number of hydrogen-bond acceptors (Lipinski definition) is 4. The van der Waals surface area contributed by atoms with Crippen molar-refractivity contribution in [3.05, 3.63) is 0 Å². The molecule has 0 aromatic heterocycles. The van der Waals surface area contributed by atoms with Gasteiger partial charge < -0.3 is 5.32 Å². The molecule has 0 radical (unpaired) electrons. The molecule has 0 aromatic rings. The topological polar surface area (TPSA) is 49.4 Å². The predicted octanol–water partition coefficient (Wildman–Crippen LogP) is 1.72. The summed E-state index contributed by atoms with van der Waals surface area (Å²) in [7, 11) is 0. The molecule has 0 amide bonds. The number of rotatable bonds is 7. The average Bonchev–Trinajstić information content (AvgIpc) is 2.72. The van der Waals surface area contributed by atoms with Crippen molar-refractivity contribution in [1.29, 1.82) is 0 Å². The molecule has 0 aliphatic carbocycles. The molecule has 0 unspecified atom stereocenters. The number of halogens is 1. The van der Waals surface area contributed by atoms with Gasteiger partial charge >= 0.3 is 0 Å². The van der Waals surface area contributed by atoms with Crippen molar-refractivity contribution < 1.29 is 9.59 Å². The van der Waals surface area contributed by atoms with Crippen molar-refractivity contribution in [1.82, 2.24) is 8.43 Å². The van der Waals surface area contributed by atoms with Gasteiger partial charge in [0.05, 0.1) is 18.5 Å². The molecule has 1 N–H and O–H groups in total. The number of nitrogens with one attached hydrogen (secondary N) is 1. The fraction of sp³-hybridized carbons (Fsp3) is 0.833. The molecule has 1 fully saturated rings. The number of carbonyl (C=O) groups excluding carboxylic acids is 2. The van der Waals surface area contributed by atoms with Crippen LogP contribution in [0.25, 0.3) is 0 Å². The highest BCUT2D eigenvalue weighted by atomic mass is 127. The van der Waals surface area contributed by atoms with E-state index in [9.17, 15) is 9.59 Å². The van der Waals surface area contributed by atoms with E-state index in [1.54, 1.807) is 0 Å². The average molecular weight is 352 g/mol. The van der Waals surface area contributed by atoms with Gasteiger partial charge in [0.1, 0.15) is 0 Å². The minimum atomic E-state index is -0.206. The van der Waals surface area contributed by atoms with Crippen molar-refractivity contribution in [3.8, 4) is 0 Å². The standard InChI is InChI=1S/C12H21IN2O2/c1-3-6-14-9(2)11(16)8-12(17)10-5-4-7-15(10)13/h9-10,14H,3-8H2,1-2H3/t9-,10-/m0/s1. The Morgan fingerprint density at radius 2 is 2.24 bits per heavy atom. The predicted molar refractivity (Wildman–Crippen MR) is 76.1 cm³/mol. The van der Waals surface area contributed by atoms with Crippen LogP contribution in [0.5, 0.6) is 0 Å². The highest BCUT2D eigenvalue weighted by molar-refractivity contribution is 14.1. The molecule has 1 heterocycles. The summed E-state index contributed by atoms with van der Waals surface area (Å²) in [6.07, 6.45) is 3.01. The van der Waals surface area contributed by atoms with Crippen LogP contribution in [0, 0.1) is 0 Å². The van der Waals surface area contributed by atoms with Crippen LogP contribution < -0.4 is 5.32 Å². The van der Waals surface area contributed by atoms with E-state index in [-0.39, 0.29) is 30.1 Å². The maximum atomic E-state index is 11.9. The summed E-state index contributed by atoms with van der Waals surface area (Å²) >= 11 is 2.18. The van der Waals surface area contributed by atoms with Gasteiger partial charge in [-0.15, -0.1) is 0 Å². The van der Waals surface area contributed by atoms with Gasteiger partial charge in [-0.1, -0.05) is 6.92 Å². The van der Waals surface area contributed by atoms with E-state index in [2.05, 4.69) is 35.1 Å². The van der Waals surface area contributed by atoms with Crippen LogP contribution >= 0.6 is 22.9 Å². The van der Waals surface area contributed by atoms with Gasteiger partial charge in [0.15, 0.2) is 11.6 Å². The third-order valence-corrected chi connectivity index (χ3v) is 4.25. The van der Waals surface area contributed by atoms with Gasteiger partial charge in [-0.3, -0.25) is 9.59 Å². The van der Waals surface area contributed by atoms with Gasteiger partial charge in [0.25, 0.3) is 0 Å². The molecule has 17 heavy (non-hydrogen) atoms. The van der Waals surface area contributed by atoms with Crippen LogP contribution in [-0.2, 0) is 9.59 Å². The molecule has 1 rings (SSSR count). The lowest BCUT2D eigenvalue weighted by molar-refractivity contribution is -0.129. The van der Waals surface area contributed by atoms with Gasteiger partial charge in [0, 0.05) is 29.4 Å². The summed E-state index contributed by atoms with van der Waals surface area (Å²) in [4.78, 5) is 23.8. The molecular weight excluding hydrogens is 331 g/mol. The maximum Gasteiger partial charge on any atom is 0.158 e. The van der Waals surface area contributed by atoms with E-state index in [1.165, 1.54) is 0 Å². The van der Waals surface area contributed by atoms with Crippen LogP contribution in [0.3, 0.4) is 0 Å². The second kappa shape index (κ2) is 7.43. The van der Waals surface area contributed by atoms with E-state index in [4.69, 9.17) is 0 Å². The lowest BCUT2D eigenvalue weighted by Crippen LogP contribution is -2.38. The van der Waals surface area contributed by atoms with Gasteiger partial charge in [0.2, 0.25) is 0 Å². The Balaban J connectivity index is 2.37. The van der Waals surface area contributed by atoms with Crippen LogP contribution in [0.4, 0.5) is 0 Å². The second-order valence-electron chi connectivity index (χ2n) is 4.57. The Labute approximate surface area is 117 Å². The molecule has 5 heteroatoms. The van der Waals surface area contributed by atoms with E-state index >= 15 is 0 Å². The zero-order valence-corrected chi connectivity index (χ0v) is 12.7. The Kier molecular flexibility index (Phi) is 6.58. The molecular formula is C12H21IN2O2. The van der Waals surface area contributed by atoms with Crippen molar-refractivity contribution >= 4 is 34.4 Å². The Hall–Kier alpha value is -0.0100. The third-order valence-electron chi connectivity index (χ3n) is 3.09. The van der Waals surface area contributed by atoms with Crippen LogP contribution in [0.2, 0.25) is 0 Å². The van der Waals surface area contributed by atoms with Crippen LogP contribution in [-0.4, -0.2) is 39.9 Å². The Morgan fingerprint density at radius 3 is 2.76 bits per heavy atom. The number of carbonyl (C=O) groups is 2. The molecule has 0 spiro atoms. The van der Waals surface area contributed by atoms with E-state index in [0.717, 1.165) is 32.4 Å². The summed E-state index contributed by atoms with van der Waals surface area (Å²) in [6.45, 7) is 5.67. The molecule has 98 valence electrons. The summed E-state index contributed by atoms with van der Waals surface area (Å²) in [6, 6.07) is -0.249. The summed E-state index contributed by atoms with van der Waals surface area (Å²) in [5.41, 5.74) is 0. The number of ketones is 2. The summed E-state index contributed by atoms with van der Waals surface area (Å²) in [5, 5.41) is 3.12. The molecule has 0 aromatic carbocycles. The first-order chi connectivity index (χ1) is 8.06. The summed E-state index contributed by atoms with van der Waals surface area (Å²) < 4.78 is 2.03. The monoisotopic (exact) mass is 352 g/mol. The first kappa shape index (κ1) is 15.0. The van der Waals surface area contributed by atoms with E-state index in [0.29, 0.717) is 0 Å². The van der Waals surface area contributed by atoms with E-state index in [1.807, 2.05) is 10.0 Å². The highest BCUT2D eigenvalue weighted by Crippen LogP contribution is 2.22. The first-order valence-electron chi connectivity index (χ1n) is 6.27. The van der Waals surface area contributed by atoms with Gasteiger partial charge in [-0.25, -0.2) is 3.11 Å². The van der Waals surface area contributed by atoms with Crippen molar-refractivity contribution in [2.45, 2.75) is 51.6 Å². The largest absolute Gasteiger partial charge is 0.308 e. The van der Waals surface area contributed by atoms with Crippen LogP contribution in [0.1, 0.15) is 39.5 Å².